The first-order valence-electron chi connectivity index (χ1n) is 20.3. The van der Waals surface area contributed by atoms with Crippen LogP contribution in [0.1, 0.15) is 76.0 Å². The average molecular weight is 818 g/mol. The van der Waals surface area contributed by atoms with E-state index in [0.717, 1.165) is 16.7 Å². The zero-order valence-electron chi connectivity index (χ0n) is 34.5. The van der Waals surface area contributed by atoms with Crippen molar-refractivity contribution in [2.24, 2.45) is 11.5 Å². The van der Waals surface area contributed by atoms with Crippen molar-refractivity contribution in [3.8, 4) is 0 Å². The molecule has 0 saturated carbocycles. The smallest absolute Gasteiger partial charge is 0.408 e. The van der Waals surface area contributed by atoms with Crippen LogP contribution < -0.4 is 38.1 Å². The van der Waals surface area contributed by atoms with E-state index in [9.17, 15) is 29.1 Å². The number of aliphatic hydroxyl groups excluding tert-OH is 1. The second-order valence-electron chi connectivity index (χ2n) is 15.5. The predicted molar refractivity (Wildman–Crippen MR) is 226 cm³/mol. The van der Waals surface area contributed by atoms with Gasteiger partial charge < -0.3 is 52.6 Å². The van der Waals surface area contributed by atoms with E-state index in [4.69, 9.17) is 20.9 Å². The fourth-order valence-corrected chi connectivity index (χ4v) is 6.15. The van der Waals surface area contributed by atoms with Crippen LogP contribution in [-0.2, 0) is 43.3 Å². The maximum Gasteiger partial charge on any atom is 0.408 e. The quantitative estimate of drug-likeness (QED) is 0.0581. The molecule has 0 fully saturated rings. The summed E-state index contributed by atoms with van der Waals surface area (Å²) in [6, 6.07) is 24.2. The van der Waals surface area contributed by atoms with Crippen molar-refractivity contribution in [2.45, 2.75) is 115 Å². The van der Waals surface area contributed by atoms with Crippen molar-refractivity contribution in [1.82, 2.24) is 26.6 Å². The lowest BCUT2D eigenvalue weighted by Gasteiger charge is -2.29. The van der Waals surface area contributed by atoms with Gasteiger partial charge in [-0.2, -0.15) is 0 Å². The molecule has 10 N–H and O–H groups in total. The van der Waals surface area contributed by atoms with Gasteiger partial charge in [0.1, 0.15) is 24.3 Å². The van der Waals surface area contributed by atoms with Gasteiger partial charge in [-0.1, -0.05) is 91.0 Å². The van der Waals surface area contributed by atoms with Gasteiger partial charge in [-0.15, -0.1) is 0 Å². The number of ether oxygens (including phenoxy) is 2. The minimum Gasteiger partial charge on any atom is -0.445 e. The van der Waals surface area contributed by atoms with Gasteiger partial charge in [-0.05, 0) is 95.4 Å². The molecule has 0 aliphatic heterocycles. The number of amides is 5. The van der Waals surface area contributed by atoms with E-state index < -0.39 is 65.8 Å². The molecule has 0 radical (unpaired) electrons. The van der Waals surface area contributed by atoms with Crippen LogP contribution in [0.4, 0.5) is 9.59 Å². The minimum atomic E-state index is -1.20. The number of carbonyl (C=O) groups is 5. The second-order valence-corrected chi connectivity index (χ2v) is 15.5. The molecule has 15 nitrogen and oxygen atoms in total. The number of primary amides is 1. The highest BCUT2D eigenvalue weighted by atomic mass is 16.6. The molecule has 0 heterocycles. The standard InChI is InChI=1S/C44H63N7O8/c1-44(2,3)59-43(57)51-35(24-13-15-25-45)40(54)50-36(27-31-17-7-4-8-18-31)38(52)29-48-37(28-32-19-9-5-10-20-32)41(55)49-34(39(46)53)23-14-16-26-47-42(56)58-30-33-21-11-6-12-22-33/h4-12,17-22,34-38,48,52H,13-16,23-30,45H2,1-3H3,(H2,46,53)(H,47,56)(H,49,55)(H,50,54)(H,51,57)/t34-,35-,36-,37-,38?/m0/s1. The number of aliphatic hydroxyl groups is 1. The highest BCUT2D eigenvalue weighted by molar-refractivity contribution is 5.89. The van der Waals surface area contributed by atoms with Crippen molar-refractivity contribution in [2.75, 3.05) is 19.6 Å². The van der Waals surface area contributed by atoms with Crippen molar-refractivity contribution in [1.29, 1.82) is 0 Å². The number of carbonyl (C=O) groups excluding carboxylic acids is 5. The molecule has 0 aromatic heterocycles. The summed E-state index contributed by atoms with van der Waals surface area (Å²) in [5.74, 6) is -1.72. The Labute approximate surface area is 347 Å². The fourth-order valence-electron chi connectivity index (χ4n) is 6.15. The largest absolute Gasteiger partial charge is 0.445 e. The minimum absolute atomic E-state index is 0.118. The molecule has 5 amide bonds. The highest BCUT2D eigenvalue weighted by Gasteiger charge is 2.30. The molecule has 59 heavy (non-hydrogen) atoms. The lowest BCUT2D eigenvalue weighted by Crippen LogP contribution is -2.57. The zero-order chi connectivity index (χ0) is 43.0. The van der Waals surface area contributed by atoms with E-state index in [2.05, 4.69) is 26.6 Å². The normalized spacial score (nSPS) is 13.8. The summed E-state index contributed by atoms with van der Waals surface area (Å²) < 4.78 is 10.6. The first kappa shape index (κ1) is 47.9. The van der Waals surface area contributed by atoms with Crippen molar-refractivity contribution in [3.63, 3.8) is 0 Å². The van der Waals surface area contributed by atoms with Gasteiger partial charge in [0, 0.05) is 13.1 Å². The summed E-state index contributed by atoms with van der Waals surface area (Å²) in [6.07, 6.45) is 0.691. The van der Waals surface area contributed by atoms with Crippen LogP contribution in [-0.4, -0.2) is 90.5 Å². The maximum atomic E-state index is 13.8. The van der Waals surface area contributed by atoms with E-state index in [1.54, 1.807) is 20.8 Å². The van der Waals surface area contributed by atoms with Crippen LogP contribution in [0.2, 0.25) is 0 Å². The molecule has 3 aromatic carbocycles. The zero-order valence-corrected chi connectivity index (χ0v) is 34.5. The third-order valence-corrected chi connectivity index (χ3v) is 9.28. The fraction of sp³-hybridized carbons (Fsp3) is 0.477. The number of hydrogen-bond acceptors (Lipinski definition) is 10. The van der Waals surface area contributed by atoms with Gasteiger partial charge in [0.15, 0.2) is 0 Å². The molecule has 0 aliphatic rings. The predicted octanol–water partition coefficient (Wildman–Crippen LogP) is 3.36. The van der Waals surface area contributed by atoms with Crippen LogP contribution in [0.3, 0.4) is 0 Å². The van der Waals surface area contributed by atoms with Gasteiger partial charge in [-0.3, -0.25) is 14.4 Å². The monoisotopic (exact) mass is 817 g/mol. The Hall–Kier alpha value is -5.51. The number of nitrogens with two attached hydrogens (primary N) is 2. The SMILES string of the molecule is CC(C)(C)OC(=O)N[C@@H](CCCCN)C(=O)N[C@@H](Cc1ccccc1)C(O)CN[C@@H](Cc1ccccc1)C(=O)N[C@@H](CCCCNC(=O)OCc1ccccc1)C(N)=O. The van der Waals surface area contributed by atoms with Gasteiger partial charge in [0.25, 0.3) is 0 Å². The third kappa shape index (κ3) is 19.7. The van der Waals surface area contributed by atoms with Crippen molar-refractivity contribution >= 4 is 29.9 Å². The van der Waals surface area contributed by atoms with E-state index in [0.29, 0.717) is 45.2 Å². The van der Waals surface area contributed by atoms with Gasteiger partial charge in [0.05, 0.1) is 18.2 Å². The van der Waals surface area contributed by atoms with E-state index in [1.807, 2.05) is 91.0 Å². The summed E-state index contributed by atoms with van der Waals surface area (Å²) in [5, 5.41) is 25.9. The molecule has 1 unspecified atom stereocenters. The Morgan fingerprint density at radius 2 is 1.20 bits per heavy atom. The number of benzene rings is 3. The van der Waals surface area contributed by atoms with Gasteiger partial charge in [0.2, 0.25) is 17.7 Å². The molecule has 0 spiro atoms. The number of hydrogen-bond donors (Lipinski definition) is 8. The van der Waals surface area contributed by atoms with Crippen molar-refractivity contribution < 1.29 is 38.6 Å². The topological polar surface area (TPSA) is 236 Å². The lowest BCUT2D eigenvalue weighted by atomic mass is 9.99. The molecule has 5 atom stereocenters. The van der Waals surface area contributed by atoms with E-state index >= 15 is 0 Å². The third-order valence-electron chi connectivity index (χ3n) is 9.28. The second kappa shape index (κ2) is 25.8. The molecule has 322 valence electrons. The lowest BCUT2D eigenvalue weighted by molar-refractivity contribution is -0.129. The van der Waals surface area contributed by atoms with Gasteiger partial charge in [-0.25, -0.2) is 9.59 Å². The van der Waals surface area contributed by atoms with Crippen LogP contribution in [0.25, 0.3) is 0 Å². The Morgan fingerprint density at radius 3 is 1.78 bits per heavy atom. The van der Waals surface area contributed by atoms with Crippen LogP contribution in [0, 0.1) is 0 Å². The summed E-state index contributed by atoms with van der Waals surface area (Å²) >= 11 is 0. The molecule has 3 aromatic rings. The van der Waals surface area contributed by atoms with Crippen LogP contribution in [0.15, 0.2) is 91.0 Å². The number of nitrogens with one attached hydrogen (secondary N) is 5. The first-order valence-corrected chi connectivity index (χ1v) is 20.3. The van der Waals surface area contributed by atoms with E-state index in [-0.39, 0.29) is 32.4 Å². The van der Waals surface area contributed by atoms with Crippen LogP contribution >= 0.6 is 0 Å². The Morgan fingerprint density at radius 1 is 0.661 bits per heavy atom. The summed E-state index contributed by atoms with van der Waals surface area (Å²) in [4.78, 5) is 64.9. The molecule has 3 rings (SSSR count). The van der Waals surface area contributed by atoms with E-state index in [1.165, 1.54) is 0 Å². The van der Waals surface area contributed by atoms with Crippen LogP contribution in [0.5, 0.6) is 0 Å². The molecular formula is C44H63N7O8. The van der Waals surface area contributed by atoms with Crippen molar-refractivity contribution in [3.05, 3.63) is 108 Å². The maximum absolute atomic E-state index is 13.8. The Kier molecular flexibility index (Phi) is 20.9. The number of unbranched alkanes of at least 4 members (excludes halogenated alkanes) is 2. The highest BCUT2D eigenvalue weighted by Crippen LogP contribution is 2.12. The summed E-state index contributed by atoms with van der Waals surface area (Å²) in [5.41, 5.74) is 13.2. The Balaban J connectivity index is 1.67. The molecule has 0 saturated heterocycles. The molecule has 0 bridgehead atoms. The molecule has 15 heteroatoms. The Bertz CT molecular complexity index is 1710. The summed E-state index contributed by atoms with van der Waals surface area (Å²) in [6.45, 7) is 5.92. The number of rotatable bonds is 25. The first-order chi connectivity index (χ1) is 28.2. The summed E-state index contributed by atoms with van der Waals surface area (Å²) in [7, 11) is 0. The molecule has 0 aliphatic carbocycles. The molecular weight excluding hydrogens is 755 g/mol. The van der Waals surface area contributed by atoms with Gasteiger partial charge >= 0.3 is 12.2 Å². The average Bonchev–Trinajstić information content (AvgIpc) is 3.20. The number of alkyl carbamates (subject to hydrolysis) is 2.